The van der Waals surface area contributed by atoms with E-state index in [2.05, 4.69) is 9.97 Å². The summed E-state index contributed by atoms with van der Waals surface area (Å²) in [4.78, 5) is 21.7. The van der Waals surface area contributed by atoms with Gasteiger partial charge in [0.2, 0.25) is 5.95 Å². The molecule has 0 aromatic carbocycles. The smallest absolute Gasteiger partial charge is 0.325 e. The Morgan fingerprint density at radius 1 is 1.50 bits per heavy atom. The Hall–Kier alpha value is -1.65. The number of aromatic nitrogens is 2. The molecule has 0 radical (unpaired) electrons. The van der Waals surface area contributed by atoms with Crippen LogP contribution in [-0.2, 0) is 9.53 Å². The second-order valence-corrected chi connectivity index (χ2v) is 3.71. The zero-order valence-corrected chi connectivity index (χ0v) is 9.30. The molecule has 1 aliphatic carbocycles. The maximum absolute atomic E-state index is 11.4. The summed E-state index contributed by atoms with van der Waals surface area (Å²) in [5, 5.41) is 0. The lowest BCUT2D eigenvalue weighted by Crippen LogP contribution is -2.34. The van der Waals surface area contributed by atoms with Gasteiger partial charge in [-0.2, -0.15) is 0 Å². The molecule has 5 heteroatoms. The molecule has 1 heterocycles. The minimum absolute atomic E-state index is 0.221. The van der Waals surface area contributed by atoms with Gasteiger partial charge in [-0.1, -0.05) is 0 Å². The molecule has 0 unspecified atom stereocenters. The Balaban J connectivity index is 2.03. The van der Waals surface area contributed by atoms with E-state index in [-0.39, 0.29) is 12.5 Å². The molecule has 0 aliphatic heterocycles. The van der Waals surface area contributed by atoms with Gasteiger partial charge in [0.1, 0.15) is 6.54 Å². The highest BCUT2D eigenvalue weighted by molar-refractivity contribution is 5.75. The molecular weight excluding hydrogens is 206 g/mol. The van der Waals surface area contributed by atoms with Gasteiger partial charge in [-0.15, -0.1) is 0 Å². The van der Waals surface area contributed by atoms with E-state index < -0.39 is 0 Å². The van der Waals surface area contributed by atoms with Crippen LogP contribution in [0.3, 0.4) is 0 Å². The van der Waals surface area contributed by atoms with Crippen LogP contribution < -0.4 is 4.90 Å². The molecule has 0 N–H and O–H groups in total. The van der Waals surface area contributed by atoms with Crippen molar-refractivity contribution in [2.75, 3.05) is 18.1 Å². The molecule has 0 amide bonds. The highest BCUT2D eigenvalue weighted by atomic mass is 16.5. The van der Waals surface area contributed by atoms with E-state index in [1.165, 1.54) is 0 Å². The summed E-state index contributed by atoms with van der Waals surface area (Å²) in [6.45, 7) is 2.45. The van der Waals surface area contributed by atoms with Crippen LogP contribution in [0.1, 0.15) is 19.8 Å². The molecule has 5 nitrogen and oxygen atoms in total. The number of hydrogen-bond donors (Lipinski definition) is 0. The van der Waals surface area contributed by atoms with Gasteiger partial charge in [0, 0.05) is 18.4 Å². The van der Waals surface area contributed by atoms with E-state index in [0.717, 1.165) is 12.8 Å². The first kappa shape index (κ1) is 10.9. The third kappa shape index (κ3) is 2.68. The quantitative estimate of drug-likeness (QED) is 0.694. The maximum Gasteiger partial charge on any atom is 0.325 e. The monoisotopic (exact) mass is 221 g/mol. The van der Waals surface area contributed by atoms with Crippen LogP contribution in [-0.4, -0.2) is 35.1 Å². The highest BCUT2D eigenvalue weighted by Gasteiger charge is 2.32. The van der Waals surface area contributed by atoms with E-state index >= 15 is 0 Å². The van der Waals surface area contributed by atoms with Crippen molar-refractivity contribution in [1.82, 2.24) is 9.97 Å². The number of rotatable bonds is 5. The lowest BCUT2D eigenvalue weighted by molar-refractivity contribution is -0.141. The number of esters is 1. The van der Waals surface area contributed by atoms with E-state index in [9.17, 15) is 4.79 Å². The average Bonchev–Trinajstić information content (AvgIpc) is 3.11. The zero-order valence-electron chi connectivity index (χ0n) is 9.30. The minimum Gasteiger partial charge on any atom is -0.465 e. The fraction of sp³-hybridized carbons (Fsp3) is 0.545. The van der Waals surface area contributed by atoms with Gasteiger partial charge in [0.25, 0.3) is 0 Å². The van der Waals surface area contributed by atoms with Gasteiger partial charge >= 0.3 is 5.97 Å². The zero-order chi connectivity index (χ0) is 11.4. The molecule has 1 aromatic heterocycles. The fourth-order valence-electron chi connectivity index (χ4n) is 1.53. The van der Waals surface area contributed by atoms with Crippen molar-refractivity contribution >= 4 is 11.9 Å². The Labute approximate surface area is 94.5 Å². The highest BCUT2D eigenvalue weighted by Crippen LogP contribution is 2.29. The van der Waals surface area contributed by atoms with Gasteiger partial charge in [0.15, 0.2) is 0 Å². The van der Waals surface area contributed by atoms with Crippen LogP contribution >= 0.6 is 0 Å². The second-order valence-electron chi connectivity index (χ2n) is 3.71. The molecular formula is C11H15N3O2. The number of carbonyl (C=O) groups excluding carboxylic acids is 1. The number of nitrogens with zero attached hydrogens (tertiary/aromatic N) is 3. The molecule has 86 valence electrons. The van der Waals surface area contributed by atoms with Crippen LogP contribution in [0.4, 0.5) is 5.95 Å². The summed E-state index contributed by atoms with van der Waals surface area (Å²) in [5.74, 6) is 0.389. The normalized spacial score (nSPS) is 14.6. The van der Waals surface area contributed by atoms with Crippen molar-refractivity contribution in [1.29, 1.82) is 0 Å². The first-order valence-corrected chi connectivity index (χ1v) is 5.50. The Bertz CT molecular complexity index is 352. The molecule has 1 fully saturated rings. The van der Waals surface area contributed by atoms with Crippen molar-refractivity contribution in [3.63, 3.8) is 0 Å². The minimum atomic E-state index is -0.221. The Kier molecular flexibility index (Phi) is 3.34. The van der Waals surface area contributed by atoms with Crippen LogP contribution in [0.15, 0.2) is 18.5 Å². The maximum atomic E-state index is 11.4. The summed E-state index contributed by atoms with van der Waals surface area (Å²) in [6, 6.07) is 2.16. The summed E-state index contributed by atoms with van der Waals surface area (Å²) in [6.07, 6.45) is 5.56. The average molecular weight is 221 g/mol. The van der Waals surface area contributed by atoms with Crippen molar-refractivity contribution in [3.05, 3.63) is 18.5 Å². The number of ether oxygens (including phenoxy) is 1. The van der Waals surface area contributed by atoms with E-state index in [0.29, 0.717) is 18.6 Å². The summed E-state index contributed by atoms with van der Waals surface area (Å²) < 4.78 is 4.94. The number of anilines is 1. The molecule has 16 heavy (non-hydrogen) atoms. The van der Waals surface area contributed by atoms with Crippen LogP contribution in [0.2, 0.25) is 0 Å². The first-order chi connectivity index (χ1) is 7.81. The fourth-order valence-corrected chi connectivity index (χ4v) is 1.53. The SMILES string of the molecule is CCOC(=O)CN(c1ncccn1)C1CC1. The third-order valence-corrected chi connectivity index (χ3v) is 2.40. The number of hydrogen-bond acceptors (Lipinski definition) is 5. The van der Waals surface area contributed by atoms with E-state index in [1.807, 2.05) is 4.90 Å². The molecule has 1 aromatic rings. The molecule has 1 saturated carbocycles. The topological polar surface area (TPSA) is 55.3 Å². The van der Waals surface area contributed by atoms with Crippen molar-refractivity contribution in [3.8, 4) is 0 Å². The largest absolute Gasteiger partial charge is 0.465 e. The lowest BCUT2D eigenvalue weighted by atomic mass is 10.5. The molecule has 2 rings (SSSR count). The second kappa shape index (κ2) is 4.92. The predicted molar refractivity (Wildman–Crippen MR) is 59.0 cm³/mol. The summed E-state index contributed by atoms with van der Waals surface area (Å²) in [5.41, 5.74) is 0. The van der Waals surface area contributed by atoms with E-state index in [4.69, 9.17) is 4.74 Å². The van der Waals surface area contributed by atoms with Gasteiger partial charge in [-0.3, -0.25) is 4.79 Å². The molecule has 0 spiro atoms. The van der Waals surface area contributed by atoms with Gasteiger partial charge in [0.05, 0.1) is 6.61 Å². The summed E-state index contributed by atoms with van der Waals surface area (Å²) >= 11 is 0. The van der Waals surface area contributed by atoms with Crippen LogP contribution in [0.25, 0.3) is 0 Å². The molecule has 0 bridgehead atoms. The van der Waals surface area contributed by atoms with Gasteiger partial charge in [-0.25, -0.2) is 9.97 Å². The third-order valence-electron chi connectivity index (χ3n) is 2.40. The van der Waals surface area contributed by atoms with Crippen molar-refractivity contribution in [2.24, 2.45) is 0 Å². The molecule has 0 saturated heterocycles. The van der Waals surface area contributed by atoms with Crippen LogP contribution in [0.5, 0.6) is 0 Å². The Morgan fingerprint density at radius 3 is 2.75 bits per heavy atom. The van der Waals surface area contributed by atoms with Crippen molar-refractivity contribution < 1.29 is 9.53 Å². The number of carbonyl (C=O) groups is 1. The predicted octanol–water partition coefficient (Wildman–Crippen LogP) is 1.01. The first-order valence-electron chi connectivity index (χ1n) is 5.50. The summed E-state index contributed by atoms with van der Waals surface area (Å²) in [7, 11) is 0. The standard InChI is InChI=1S/C11H15N3O2/c1-2-16-10(15)8-14(9-4-5-9)11-12-6-3-7-13-11/h3,6-7,9H,2,4-5,8H2,1H3. The van der Waals surface area contributed by atoms with Gasteiger partial charge in [-0.05, 0) is 25.8 Å². The van der Waals surface area contributed by atoms with E-state index in [1.54, 1.807) is 25.4 Å². The Morgan fingerprint density at radius 2 is 2.19 bits per heavy atom. The van der Waals surface area contributed by atoms with Gasteiger partial charge < -0.3 is 9.64 Å². The van der Waals surface area contributed by atoms with Crippen molar-refractivity contribution in [2.45, 2.75) is 25.8 Å². The molecule has 1 aliphatic rings. The van der Waals surface area contributed by atoms with Crippen LogP contribution in [0, 0.1) is 0 Å². The molecule has 0 atom stereocenters. The lowest BCUT2D eigenvalue weighted by Gasteiger charge is -2.20.